The molecule has 116 valence electrons. The second kappa shape index (κ2) is 6.56. The molecule has 3 atom stereocenters. The largest absolute Gasteiger partial charge is 0.341 e. The maximum absolute atomic E-state index is 12.5. The summed E-state index contributed by atoms with van der Waals surface area (Å²) in [5, 5.41) is 8.08. The first-order valence-electron chi connectivity index (χ1n) is 8.12. The first-order valence-corrected chi connectivity index (χ1v) is 8.12. The summed E-state index contributed by atoms with van der Waals surface area (Å²) >= 11 is 0. The minimum atomic E-state index is -0.434. The predicted molar refractivity (Wildman–Crippen MR) is 79.3 cm³/mol. The van der Waals surface area contributed by atoms with Crippen molar-refractivity contribution in [1.82, 2.24) is 19.9 Å². The van der Waals surface area contributed by atoms with E-state index in [1.165, 1.54) is 25.7 Å². The molecule has 0 spiro atoms. The number of hydrogen-bond acceptors (Lipinski definition) is 4. The van der Waals surface area contributed by atoms with Crippen LogP contribution < -0.4 is 5.73 Å². The summed E-state index contributed by atoms with van der Waals surface area (Å²) in [6.45, 7) is 2.39. The molecular weight excluding hydrogens is 266 g/mol. The average molecular weight is 291 g/mol. The minimum absolute atomic E-state index is 0.103. The van der Waals surface area contributed by atoms with Crippen LogP contribution in [0.1, 0.15) is 38.5 Å². The van der Waals surface area contributed by atoms with Crippen molar-refractivity contribution in [2.24, 2.45) is 17.6 Å². The van der Waals surface area contributed by atoms with Crippen LogP contribution in [0.3, 0.4) is 0 Å². The van der Waals surface area contributed by atoms with Crippen LogP contribution in [-0.2, 0) is 11.3 Å². The highest BCUT2D eigenvalue weighted by Gasteiger charge is 2.34. The normalized spacial score (nSPS) is 27.2. The number of nitrogens with two attached hydrogens (primary N) is 1. The third kappa shape index (κ3) is 3.43. The quantitative estimate of drug-likeness (QED) is 0.899. The summed E-state index contributed by atoms with van der Waals surface area (Å²) in [5.41, 5.74) is 6.07. The van der Waals surface area contributed by atoms with Crippen LogP contribution in [-0.4, -0.2) is 44.9 Å². The van der Waals surface area contributed by atoms with Gasteiger partial charge in [0, 0.05) is 13.1 Å². The molecule has 1 aliphatic heterocycles. The summed E-state index contributed by atoms with van der Waals surface area (Å²) < 4.78 is 0. The number of carbonyl (C=O) groups is 1. The molecule has 1 aromatic heterocycles. The molecule has 1 unspecified atom stereocenters. The van der Waals surface area contributed by atoms with E-state index < -0.39 is 6.04 Å². The average Bonchev–Trinajstić information content (AvgIpc) is 3.05. The Morgan fingerprint density at radius 1 is 1.19 bits per heavy atom. The number of likely N-dealkylation sites (tertiary alicyclic amines) is 1. The molecule has 6 heteroatoms. The van der Waals surface area contributed by atoms with Gasteiger partial charge in [-0.3, -0.25) is 4.79 Å². The Morgan fingerprint density at radius 2 is 1.90 bits per heavy atom. The lowest BCUT2D eigenvalue weighted by Crippen LogP contribution is -2.50. The Hall–Kier alpha value is -1.43. The number of fused-ring (bicyclic) bond motifs is 1. The monoisotopic (exact) mass is 291 g/mol. The molecule has 0 bridgehead atoms. The Labute approximate surface area is 125 Å². The van der Waals surface area contributed by atoms with Crippen LogP contribution in [0.4, 0.5) is 0 Å². The smallest absolute Gasteiger partial charge is 0.239 e. The van der Waals surface area contributed by atoms with Gasteiger partial charge in [0.2, 0.25) is 5.91 Å². The van der Waals surface area contributed by atoms with Crippen molar-refractivity contribution in [3.63, 3.8) is 0 Å². The molecule has 1 aromatic rings. The molecule has 21 heavy (non-hydrogen) atoms. The Kier molecular flexibility index (Phi) is 4.53. The first kappa shape index (κ1) is 14.5. The second-order valence-corrected chi connectivity index (χ2v) is 6.40. The zero-order valence-corrected chi connectivity index (χ0v) is 12.5. The van der Waals surface area contributed by atoms with Gasteiger partial charge in [0.25, 0.3) is 0 Å². The van der Waals surface area contributed by atoms with E-state index in [9.17, 15) is 4.79 Å². The summed E-state index contributed by atoms with van der Waals surface area (Å²) in [4.78, 5) is 16.1. The fourth-order valence-corrected chi connectivity index (χ4v) is 3.77. The molecule has 2 fully saturated rings. The molecule has 1 saturated heterocycles. The fourth-order valence-electron chi connectivity index (χ4n) is 3.77. The van der Waals surface area contributed by atoms with E-state index in [-0.39, 0.29) is 5.91 Å². The predicted octanol–water partition coefficient (Wildman–Crippen LogP) is 1.03. The molecule has 2 N–H and O–H groups in total. The van der Waals surface area contributed by atoms with Gasteiger partial charge in [-0.15, -0.1) is 0 Å². The third-order valence-corrected chi connectivity index (χ3v) is 5.03. The van der Waals surface area contributed by atoms with E-state index in [0.29, 0.717) is 18.9 Å². The number of aromatic nitrogens is 3. The van der Waals surface area contributed by atoms with Gasteiger partial charge < -0.3 is 10.6 Å². The Bertz CT molecular complexity index is 461. The van der Waals surface area contributed by atoms with Crippen LogP contribution in [0.15, 0.2) is 12.4 Å². The molecular formula is C15H25N5O. The van der Waals surface area contributed by atoms with Crippen molar-refractivity contribution >= 4 is 5.91 Å². The van der Waals surface area contributed by atoms with E-state index in [1.54, 1.807) is 17.2 Å². The van der Waals surface area contributed by atoms with Gasteiger partial charge in [-0.25, -0.2) is 0 Å². The maximum atomic E-state index is 12.5. The summed E-state index contributed by atoms with van der Waals surface area (Å²) in [6, 6.07) is -0.434. The summed E-state index contributed by atoms with van der Waals surface area (Å²) in [5.74, 6) is 1.65. The van der Waals surface area contributed by atoms with Crippen molar-refractivity contribution in [3.8, 4) is 0 Å². The number of rotatable bonds is 4. The SMILES string of the molecule is NC(CCn1nccn1)C(=O)N1CC[C@H]2CCCC[C@H]2C1. The molecule has 3 rings (SSSR count). The number of aryl methyl sites for hydroxylation is 1. The van der Waals surface area contributed by atoms with Crippen molar-refractivity contribution in [2.45, 2.75) is 51.1 Å². The van der Waals surface area contributed by atoms with Gasteiger partial charge in [0.05, 0.1) is 25.0 Å². The zero-order valence-electron chi connectivity index (χ0n) is 12.5. The lowest BCUT2D eigenvalue weighted by Gasteiger charge is -2.42. The van der Waals surface area contributed by atoms with Crippen molar-refractivity contribution in [3.05, 3.63) is 12.4 Å². The zero-order chi connectivity index (χ0) is 14.7. The van der Waals surface area contributed by atoms with Gasteiger partial charge in [0.15, 0.2) is 0 Å². The number of nitrogens with zero attached hydrogens (tertiary/aromatic N) is 4. The number of amides is 1. The van der Waals surface area contributed by atoms with E-state index in [2.05, 4.69) is 10.2 Å². The number of piperidine rings is 1. The summed E-state index contributed by atoms with van der Waals surface area (Å²) in [6.07, 6.45) is 10.3. The van der Waals surface area contributed by atoms with E-state index in [0.717, 1.165) is 25.4 Å². The van der Waals surface area contributed by atoms with E-state index >= 15 is 0 Å². The van der Waals surface area contributed by atoms with Gasteiger partial charge in [-0.1, -0.05) is 19.3 Å². The summed E-state index contributed by atoms with van der Waals surface area (Å²) in [7, 11) is 0. The minimum Gasteiger partial charge on any atom is -0.341 e. The third-order valence-electron chi connectivity index (χ3n) is 5.03. The van der Waals surface area contributed by atoms with Gasteiger partial charge in [0.1, 0.15) is 0 Å². The standard InChI is InChI=1S/C15H25N5O/c16-14(6-10-20-17-7-8-18-20)15(21)19-9-5-12-3-1-2-4-13(12)11-19/h7-8,12-14H,1-6,9-11,16H2/t12-,13+,14?/m1/s1. The highest BCUT2D eigenvalue weighted by Crippen LogP contribution is 2.36. The van der Waals surface area contributed by atoms with Crippen molar-refractivity contribution in [1.29, 1.82) is 0 Å². The maximum Gasteiger partial charge on any atom is 0.239 e. The lowest BCUT2D eigenvalue weighted by molar-refractivity contribution is -0.135. The van der Waals surface area contributed by atoms with Crippen LogP contribution in [0.2, 0.25) is 0 Å². The molecule has 6 nitrogen and oxygen atoms in total. The first-order chi connectivity index (χ1) is 10.2. The second-order valence-electron chi connectivity index (χ2n) is 6.40. The van der Waals surface area contributed by atoms with Crippen LogP contribution >= 0.6 is 0 Å². The number of carbonyl (C=O) groups excluding carboxylic acids is 1. The number of hydrogen-bond donors (Lipinski definition) is 1. The van der Waals surface area contributed by atoms with Crippen LogP contribution in [0.25, 0.3) is 0 Å². The topological polar surface area (TPSA) is 77.0 Å². The molecule has 2 heterocycles. The Balaban J connectivity index is 1.50. The van der Waals surface area contributed by atoms with Crippen LogP contribution in [0.5, 0.6) is 0 Å². The highest BCUT2D eigenvalue weighted by molar-refractivity contribution is 5.81. The van der Waals surface area contributed by atoms with Gasteiger partial charge >= 0.3 is 0 Å². The molecule has 0 radical (unpaired) electrons. The van der Waals surface area contributed by atoms with Crippen molar-refractivity contribution < 1.29 is 4.79 Å². The fraction of sp³-hybridized carbons (Fsp3) is 0.800. The molecule has 2 aliphatic rings. The van der Waals surface area contributed by atoms with Gasteiger partial charge in [-0.2, -0.15) is 15.0 Å². The molecule has 0 aromatic carbocycles. The van der Waals surface area contributed by atoms with E-state index in [1.807, 2.05) is 4.90 Å². The van der Waals surface area contributed by atoms with Crippen LogP contribution in [0, 0.1) is 11.8 Å². The highest BCUT2D eigenvalue weighted by atomic mass is 16.2. The van der Waals surface area contributed by atoms with E-state index in [4.69, 9.17) is 5.73 Å². The van der Waals surface area contributed by atoms with Gasteiger partial charge in [-0.05, 0) is 31.1 Å². The Morgan fingerprint density at radius 3 is 2.67 bits per heavy atom. The molecule has 1 aliphatic carbocycles. The van der Waals surface area contributed by atoms with Crippen molar-refractivity contribution in [2.75, 3.05) is 13.1 Å². The molecule has 1 amide bonds. The lowest BCUT2D eigenvalue weighted by atomic mass is 9.75. The molecule has 1 saturated carbocycles.